The smallest absolute Gasteiger partial charge is 0.238 e. The molecule has 4 nitrogen and oxygen atoms in total. The Morgan fingerprint density at radius 3 is 3.12 bits per heavy atom. The van der Waals surface area contributed by atoms with Crippen molar-refractivity contribution in [2.24, 2.45) is 0 Å². The maximum absolute atomic E-state index is 10.8. The molecule has 0 saturated carbocycles. The topological polar surface area (TPSA) is 45.3 Å². The second-order valence-electron chi connectivity index (χ2n) is 3.04. The third-order valence-electron chi connectivity index (χ3n) is 2.02. The van der Waals surface area contributed by atoms with Gasteiger partial charge in [-0.05, 0) is 37.3 Å². The zero-order chi connectivity index (χ0) is 11.5. The maximum atomic E-state index is 10.8. The zero-order valence-corrected chi connectivity index (χ0v) is 10.2. The summed E-state index contributed by atoms with van der Waals surface area (Å²) in [7, 11) is 0. The van der Waals surface area contributed by atoms with Gasteiger partial charge in [-0.25, -0.2) is 0 Å². The van der Waals surface area contributed by atoms with Crippen molar-refractivity contribution in [2.75, 3.05) is 11.7 Å². The number of hydrogen-bond acceptors (Lipinski definition) is 4. The van der Waals surface area contributed by atoms with Crippen LogP contribution in [0.3, 0.4) is 0 Å². The minimum Gasteiger partial charge on any atom is -0.337 e. The minimum absolute atomic E-state index is 0.444. The predicted octanol–water partition coefficient (Wildman–Crippen LogP) is 2.87. The number of nitrogens with zero attached hydrogens (tertiary/aromatic N) is 1. The molecule has 0 aliphatic rings. The summed E-state index contributed by atoms with van der Waals surface area (Å²) in [5.41, 5.74) is 1.68. The molecule has 0 fully saturated rings. The summed E-state index contributed by atoms with van der Waals surface area (Å²) in [5.74, 6) is 0. The Morgan fingerprint density at radius 1 is 1.62 bits per heavy atom. The molecule has 1 amide bonds. The van der Waals surface area contributed by atoms with E-state index >= 15 is 0 Å². The highest BCUT2D eigenvalue weighted by molar-refractivity contribution is 7.73. The van der Waals surface area contributed by atoms with Crippen LogP contribution in [0.25, 0.3) is 10.2 Å². The summed E-state index contributed by atoms with van der Waals surface area (Å²) < 4.78 is 1.73. The molecule has 1 aromatic carbocycles. The highest BCUT2D eigenvalue weighted by Gasteiger charge is 2.06. The lowest BCUT2D eigenvalue weighted by atomic mass is 10.3. The van der Waals surface area contributed by atoms with E-state index in [1.54, 1.807) is 0 Å². The number of aromatic nitrogens is 1. The largest absolute Gasteiger partial charge is 0.337 e. The number of aromatic amines is 1. The van der Waals surface area contributed by atoms with Gasteiger partial charge in [0.15, 0.2) is 3.95 Å². The van der Waals surface area contributed by atoms with Crippen LogP contribution in [-0.2, 0) is 9.63 Å². The molecular formula is C10H10N2O2S2. The van der Waals surface area contributed by atoms with Gasteiger partial charge in [-0.15, -0.1) is 11.3 Å². The molecule has 1 aromatic heterocycles. The summed E-state index contributed by atoms with van der Waals surface area (Å²) in [4.78, 5) is 19.0. The summed E-state index contributed by atoms with van der Waals surface area (Å²) in [5, 5.41) is 1.21. The fourth-order valence-electron chi connectivity index (χ4n) is 1.38. The SMILES string of the molecule is CCON(C=O)c1ccc2[nH]c(=S)sc2c1. The predicted molar refractivity (Wildman–Crippen MR) is 67.2 cm³/mol. The van der Waals surface area contributed by atoms with Gasteiger partial charge < -0.3 is 4.98 Å². The first-order chi connectivity index (χ1) is 7.74. The standard InChI is InChI=1S/C10H10N2O2S2/c1-2-14-12(6-13)7-3-4-8-9(5-7)16-10(15)11-8/h3-6H,2H2,1H3,(H,11,15). The number of carbonyl (C=O) groups is 1. The van der Waals surface area contributed by atoms with E-state index in [-0.39, 0.29) is 0 Å². The van der Waals surface area contributed by atoms with Crippen LogP contribution >= 0.6 is 23.6 Å². The number of hydroxylamine groups is 1. The molecule has 0 bridgehead atoms. The van der Waals surface area contributed by atoms with Gasteiger partial charge in [0.2, 0.25) is 6.41 Å². The van der Waals surface area contributed by atoms with Crippen LogP contribution in [-0.4, -0.2) is 18.0 Å². The van der Waals surface area contributed by atoms with E-state index in [2.05, 4.69) is 4.98 Å². The summed E-state index contributed by atoms with van der Waals surface area (Å²) in [6, 6.07) is 5.56. The fraction of sp³-hybridized carbons (Fsp3) is 0.200. The van der Waals surface area contributed by atoms with Gasteiger partial charge >= 0.3 is 0 Å². The van der Waals surface area contributed by atoms with E-state index in [1.165, 1.54) is 16.4 Å². The van der Waals surface area contributed by atoms with E-state index in [4.69, 9.17) is 17.1 Å². The molecular weight excluding hydrogens is 244 g/mol. The molecule has 1 heterocycles. The maximum Gasteiger partial charge on any atom is 0.238 e. The number of anilines is 1. The molecule has 0 aliphatic carbocycles. The average Bonchev–Trinajstić information content (AvgIpc) is 2.64. The van der Waals surface area contributed by atoms with Crippen molar-refractivity contribution in [3.05, 3.63) is 22.2 Å². The van der Waals surface area contributed by atoms with Crippen molar-refractivity contribution in [2.45, 2.75) is 6.92 Å². The summed E-state index contributed by atoms with van der Waals surface area (Å²) >= 11 is 6.52. The monoisotopic (exact) mass is 254 g/mol. The van der Waals surface area contributed by atoms with Gasteiger partial charge in [0.25, 0.3) is 0 Å². The van der Waals surface area contributed by atoms with Crippen molar-refractivity contribution in [1.29, 1.82) is 0 Å². The average molecular weight is 254 g/mol. The van der Waals surface area contributed by atoms with Crippen LogP contribution in [0.15, 0.2) is 18.2 Å². The molecule has 84 valence electrons. The normalized spacial score (nSPS) is 10.6. The van der Waals surface area contributed by atoms with E-state index in [9.17, 15) is 4.79 Å². The molecule has 0 spiro atoms. The quantitative estimate of drug-likeness (QED) is 0.518. The lowest BCUT2D eigenvalue weighted by molar-refractivity contribution is -0.113. The fourth-order valence-corrected chi connectivity index (χ4v) is 2.52. The highest BCUT2D eigenvalue weighted by atomic mass is 32.1. The third kappa shape index (κ3) is 2.13. The van der Waals surface area contributed by atoms with Crippen molar-refractivity contribution >= 4 is 45.9 Å². The number of fused-ring (bicyclic) bond motifs is 1. The Balaban J connectivity index is 2.44. The molecule has 2 aromatic rings. The first kappa shape index (κ1) is 11.3. The van der Waals surface area contributed by atoms with Gasteiger partial charge in [-0.2, -0.15) is 5.06 Å². The van der Waals surface area contributed by atoms with Crippen LogP contribution < -0.4 is 5.06 Å². The lowest BCUT2D eigenvalue weighted by Gasteiger charge is -2.15. The number of benzene rings is 1. The second-order valence-corrected chi connectivity index (χ2v) is 4.76. The Kier molecular flexibility index (Phi) is 3.33. The molecule has 6 heteroatoms. The molecule has 0 aliphatic heterocycles. The van der Waals surface area contributed by atoms with Gasteiger partial charge in [-0.1, -0.05) is 0 Å². The molecule has 1 N–H and O–H groups in total. The number of amides is 1. The molecule has 16 heavy (non-hydrogen) atoms. The molecule has 0 radical (unpaired) electrons. The summed E-state index contributed by atoms with van der Waals surface area (Å²) in [6.07, 6.45) is 0.649. The number of carbonyl (C=O) groups excluding carboxylic acids is 1. The van der Waals surface area contributed by atoms with Crippen LogP contribution in [0.2, 0.25) is 0 Å². The van der Waals surface area contributed by atoms with Gasteiger partial charge in [0.05, 0.1) is 22.5 Å². The van der Waals surface area contributed by atoms with E-state index in [1.807, 2.05) is 25.1 Å². The number of H-pyrrole nitrogens is 1. The second kappa shape index (κ2) is 4.73. The van der Waals surface area contributed by atoms with Gasteiger partial charge in [-0.3, -0.25) is 9.63 Å². The van der Waals surface area contributed by atoms with Gasteiger partial charge in [0, 0.05) is 0 Å². The van der Waals surface area contributed by atoms with Crippen molar-refractivity contribution < 1.29 is 9.63 Å². The highest BCUT2D eigenvalue weighted by Crippen LogP contribution is 2.25. The number of rotatable bonds is 4. The minimum atomic E-state index is 0.444. The van der Waals surface area contributed by atoms with E-state index in [0.29, 0.717) is 18.7 Å². The van der Waals surface area contributed by atoms with Crippen LogP contribution in [0.4, 0.5) is 5.69 Å². The third-order valence-corrected chi connectivity index (χ3v) is 3.22. The van der Waals surface area contributed by atoms with Crippen molar-refractivity contribution in [1.82, 2.24) is 4.98 Å². The number of nitrogens with one attached hydrogen (secondary N) is 1. The Hall–Kier alpha value is -1.24. The lowest BCUT2D eigenvalue weighted by Crippen LogP contribution is -2.21. The summed E-state index contributed by atoms with van der Waals surface area (Å²) in [6.45, 7) is 2.27. The van der Waals surface area contributed by atoms with E-state index < -0.39 is 0 Å². The van der Waals surface area contributed by atoms with Crippen molar-refractivity contribution in [3.63, 3.8) is 0 Å². The Labute approximate surface area is 101 Å². The molecule has 0 unspecified atom stereocenters. The van der Waals surface area contributed by atoms with Crippen LogP contribution in [0, 0.1) is 3.95 Å². The van der Waals surface area contributed by atoms with E-state index in [0.717, 1.165) is 14.2 Å². The van der Waals surface area contributed by atoms with Crippen LogP contribution in [0.5, 0.6) is 0 Å². The number of hydrogen-bond donors (Lipinski definition) is 1. The molecule has 2 rings (SSSR count). The van der Waals surface area contributed by atoms with Crippen LogP contribution in [0.1, 0.15) is 6.92 Å². The first-order valence-corrected chi connectivity index (χ1v) is 5.97. The van der Waals surface area contributed by atoms with Gasteiger partial charge in [0.1, 0.15) is 0 Å². The Morgan fingerprint density at radius 2 is 2.44 bits per heavy atom. The molecule has 0 saturated heterocycles. The first-order valence-electron chi connectivity index (χ1n) is 4.75. The zero-order valence-electron chi connectivity index (χ0n) is 8.60. The Bertz CT molecular complexity index is 561. The van der Waals surface area contributed by atoms with Crippen molar-refractivity contribution in [3.8, 4) is 0 Å². The number of thiazole rings is 1. The molecule has 0 atom stereocenters.